The van der Waals surface area contributed by atoms with Gasteiger partial charge in [0.1, 0.15) is 0 Å². The molecular weight excluding hydrogens is 399 g/mol. The standard InChI is InChI=1S/C17H17Br2Cl/c1-11(2)9-12-3-5-13(6-4-12)17(19)15-8-7-14(20)10-16(15)18/h3-8,10-11,17H,9H2,1-2H3. The third kappa shape index (κ3) is 4.09. The zero-order chi connectivity index (χ0) is 14.7. The summed E-state index contributed by atoms with van der Waals surface area (Å²) in [6, 6.07) is 14.7. The van der Waals surface area contributed by atoms with Crippen LogP contribution in [0.3, 0.4) is 0 Å². The Morgan fingerprint density at radius 2 is 1.70 bits per heavy atom. The molecule has 3 heteroatoms. The van der Waals surface area contributed by atoms with E-state index in [1.165, 1.54) is 16.7 Å². The molecule has 0 heterocycles. The first-order valence-corrected chi connectivity index (χ1v) is 8.74. The zero-order valence-corrected chi connectivity index (χ0v) is 15.5. The Bertz CT molecular complexity index is 576. The van der Waals surface area contributed by atoms with Gasteiger partial charge in [-0.3, -0.25) is 0 Å². The second-order valence-corrected chi connectivity index (χ2v) is 7.57. The molecule has 0 bridgehead atoms. The highest BCUT2D eigenvalue weighted by Gasteiger charge is 2.13. The number of halogens is 3. The highest BCUT2D eigenvalue weighted by Crippen LogP contribution is 2.36. The van der Waals surface area contributed by atoms with Crippen molar-refractivity contribution in [2.24, 2.45) is 5.92 Å². The van der Waals surface area contributed by atoms with E-state index in [-0.39, 0.29) is 4.83 Å². The molecule has 1 atom stereocenters. The molecular formula is C17H17Br2Cl. The molecule has 0 radical (unpaired) electrons. The largest absolute Gasteiger partial charge is 0.0843 e. The average molecular weight is 417 g/mol. The van der Waals surface area contributed by atoms with Crippen molar-refractivity contribution in [2.75, 3.05) is 0 Å². The van der Waals surface area contributed by atoms with Gasteiger partial charge in [0.15, 0.2) is 0 Å². The van der Waals surface area contributed by atoms with E-state index >= 15 is 0 Å². The van der Waals surface area contributed by atoms with Crippen LogP contribution in [0.4, 0.5) is 0 Å². The van der Waals surface area contributed by atoms with Crippen LogP contribution in [0.1, 0.15) is 35.4 Å². The Labute approximate surface area is 142 Å². The van der Waals surface area contributed by atoms with Crippen molar-refractivity contribution in [1.29, 1.82) is 0 Å². The van der Waals surface area contributed by atoms with Gasteiger partial charge in [0.05, 0.1) is 4.83 Å². The molecule has 2 rings (SSSR count). The monoisotopic (exact) mass is 414 g/mol. The Hall–Kier alpha value is -0.310. The molecule has 0 fully saturated rings. The molecule has 2 aromatic rings. The summed E-state index contributed by atoms with van der Waals surface area (Å²) < 4.78 is 1.03. The maximum atomic E-state index is 5.99. The molecule has 20 heavy (non-hydrogen) atoms. The van der Waals surface area contributed by atoms with Crippen LogP contribution in [-0.2, 0) is 6.42 Å². The van der Waals surface area contributed by atoms with Crippen molar-refractivity contribution >= 4 is 43.5 Å². The number of hydrogen-bond donors (Lipinski definition) is 0. The van der Waals surface area contributed by atoms with Gasteiger partial charge < -0.3 is 0 Å². The molecule has 1 unspecified atom stereocenters. The van der Waals surface area contributed by atoms with E-state index in [1.807, 2.05) is 18.2 Å². The van der Waals surface area contributed by atoms with Crippen molar-refractivity contribution in [1.82, 2.24) is 0 Å². The van der Waals surface area contributed by atoms with E-state index < -0.39 is 0 Å². The maximum absolute atomic E-state index is 5.99. The van der Waals surface area contributed by atoms with Crippen LogP contribution in [-0.4, -0.2) is 0 Å². The molecule has 0 saturated heterocycles. The molecule has 0 spiro atoms. The van der Waals surface area contributed by atoms with Crippen LogP contribution in [0.25, 0.3) is 0 Å². The zero-order valence-electron chi connectivity index (χ0n) is 11.5. The Balaban J connectivity index is 2.22. The molecule has 2 aromatic carbocycles. The number of benzene rings is 2. The highest BCUT2D eigenvalue weighted by molar-refractivity contribution is 9.11. The van der Waals surface area contributed by atoms with Crippen LogP contribution in [0, 0.1) is 5.92 Å². The molecule has 0 amide bonds. The molecule has 0 aliphatic rings. The van der Waals surface area contributed by atoms with E-state index in [0.717, 1.165) is 15.9 Å². The SMILES string of the molecule is CC(C)Cc1ccc(C(Br)c2ccc(Cl)cc2Br)cc1. The molecule has 0 aliphatic carbocycles. The predicted molar refractivity (Wildman–Crippen MR) is 94.9 cm³/mol. The summed E-state index contributed by atoms with van der Waals surface area (Å²) in [6.07, 6.45) is 1.12. The first-order valence-electron chi connectivity index (χ1n) is 6.65. The van der Waals surface area contributed by atoms with Crippen molar-refractivity contribution in [3.05, 3.63) is 68.7 Å². The van der Waals surface area contributed by atoms with Gasteiger partial charge in [-0.15, -0.1) is 0 Å². The Morgan fingerprint density at radius 3 is 2.25 bits per heavy atom. The third-order valence-electron chi connectivity index (χ3n) is 3.15. The van der Waals surface area contributed by atoms with E-state index in [2.05, 4.69) is 70.0 Å². The van der Waals surface area contributed by atoms with Gasteiger partial charge in [-0.1, -0.05) is 87.6 Å². The summed E-state index contributed by atoms with van der Waals surface area (Å²) in [5.74, 6) is 0.686. The summed E-state index contributed by atoms with van der Waals surface area (Å²) in [7, 11) is 0. The first-order chi connectivity index (χ1) is 9.47. The fourth-order valence-corrected chi connectivity index (χ4v) is 4.10. The summed E-state index contributed by atoms with van der Waals surface area (Å²) in [5, 5.41) is 0.743. The van der Waals surface area contributed by atoms with E-state index in [0.29, 0.717) is 5.92 Å². The molecule has 0 aromatic heterocycles. The first kappa shape index (κ1) is 16.1. The van der Waals surface area contributed by atoms with Gasteiger partial charge in [-0.05, 0) is 41.2 Å². The molecule has 106 valence electrons. The van der Waals surface area contributed by atoms with Gasteiger partial charge in [0.2, 0.25) is 0 Å². The minimum Gasteiger partial charge on any atom is -0.0843 e. The molecule has 0 N–H and O–H groups in total. The average Bonchev–Trinajstić information content (AvgIpc) is 2.38. The van der Waals surface area contributed by atoms with Crippen LogP contribution in [0.5, 0.6) is 0 Å². The van der Waals surface area contributed by atoms with Crippen molar-refractivity contribution in [3.63, 3.8) is 0 Å². The summed E-state index contributed by atoms with van der Waals surface area (Å²) in [4.78, 5) is 0.169. The fourth-order valence-electron chi connectivity index (χ4n) is 2.18. The molecule has 0 nitrogen and oxygen atoms in total. The van der Waals surface area contributed by atoms with Crippen molar-refractivity contribution in [2.45, 2.75) is 25.1 Å². The predicted octanol–water partition coefficient (Wildman–Crippen LogP) is 6.79. The van der Waals surface area contributed by atoms with E-state index in [1.54, 1.807) is 0 Å². The summed E-state index contributed by atoms with van der Waals surface area (Å²) in [6.45, 7) is 4.48. The lowest BCUT2D eigenvalue weighted by Gasteiger charge is -2.14. The van der Waals surface area contributed by atoms with Gasteiger partial charge in [0, 0.05) is 9.50 Å². The maximum Gasteiger partial charge on any atom is 0.0655 e. The van der Waals surface area contributed by atoms with Gasteiger partial charge in [-0.25, -0.2) is 0 Å². The van der Waals surface area contributed by atoms with Crippen LogP contribution in [0.2, 0.25) is 5.02 Å². The highest BCUT2D eigenvalue weighted by atomic mass is 79.9. The smallest absolute Gasteiger partial charge is 0.0655 e. The fraction of sp³-hybridized carbons (Fsp3) is 0.294. The third-order valence-corrected chi connectivity index (χ3v) is 5.10. The second-order valence-electron chi connectivity index (χ2n) is 5.37. The van der Waals surface area contributed by atoms with Crippen molar-refractivity contribution < 1.29 is 0 Å². The van der Waals surface area contributed by atoms with Crippen LogP contribution in [0.15, 0.2) is 46.9 Å². The summed E-state index contributed by atoms with van der Waals surface area (Å²) in [5.41, 5.74) is 3.82. The lowest BCUT2D eigenvalue weighted by Crippen LogP contribution is -1.97. The van der Waals surface area contributed by atoms with Gasteiger partial charge >= 0.3 is 0 Å². The van der Waals surface area contributed by atoms with Gasteiger partial charge in [0.25, 0.3) is 0 Å². The minimum absolute atomic E-state index is 0.169. The topological polar surface area (TPSA) is 0 Å². The lowest BCUT2D eigenvalue weighted by molar-refractivity contribution is 0.647. The van der Waals surface area contributed by atoms with E-state index in [9.17, 15) is 0 Å². The Kier molecular flexibility index (Phi) is 5.71. The second kappa shape index (κ2) is 7.11. The Morgan fingerprint density at radius 1 is 1.05 bits per heavy atom. The van der Waals surface area contributed by atoms with Gasteiger partial charge in [-0.2, -0.15) is 0 Å². The lowest BCUT2D eigenvalue weighted by atomic mass is 9.99. The van der Waals surface area contributed by atoms with Crippen LogP contribution < -0.4 is 0 Å². The van der Waals surface area contributed by atoms with Crippen LogP contribution >= 0.6 is 43.5 Å². The summed E-state index contributed by atoms with van der Waals surface area (Å²) >= 11 is 13.3. The molecule has 0 saturated carbocycles. The number of alkyl halides is 1. The number of rotatable bonds is 4. The normalized spacial score (nSPS) is 12.7. The quantitative estimate of drug-likeness (QED) is 0.482. The van der Waals surface area contributed by atoms with E-state index in [4.69, 9.17) is 11.6 Å². The minimum atomic E-state index is 0.169. The molecule has 0 aliphatic heterocycles. The number of hydrogen-bond acceptors (Lipinski definition) is 0. The van der Waals surface area contributed by atoms with Crippen molar-refractivity contribution in [3.8, 4) is 0 Å².